The Morgan fingerprint density at radius 2 is 1.71 bits per heavy atom. The summed E-state index contributed by atoms with van der Waals surface area (Å²) in [5, 5.41) is 0. The number of hydrogen-bond donors (Lipinski definition) is 0. The second kappa shape index (κ2) is 4.71. The van der Waals surface area contributed by atoms with Crippen molar-refractivity contribution in [3.8, 4) is 0 Å². The van der Waals surface area contributed by atoms with Gasteiger partial charge in [0, 0.05) is 19.1 Å². The predicted molar refractivity (Wildman–Crippen MR) is 87.7 cm³/mol. The third-order valence-electron chi connectivity index (χ3n) is 5.64. The van der Waals surface area contributed by atoms with Crippen LogP contribution in [0.5, 0.6) is 0 Å². The van der Waals surface area contributed by atoms with E-state index in [4.69, 9.17) is 0 Å². The molecule has 2 aliphatic heterocycles. The first kappa shape index (κ1) is 13.1. The Morgan fingerprint density at radius 1 is 0.952 bits per heavy atom. The summed E-state index contributed by atoms with van der Waals surface area (Å²) in [4.78, 5) is 2.69. The third-order valence-corrected chi connectivity index (χ3v) is 5.64. The summed E-state index contributed by atoms with van der Waals surface area (Å²) in [6, 6.07) is 12.0. The Bertz CT molecular complexity index is 714. The molecule has 0 bridgehead atoms. The van der Waals surface area contributed by atoms with Crippen LogP contribution in [0.1, 0.15) is 45.0 Å². The molecule has 108 valence electrons. The van der Waals surface area contributed by atoms with E-state index in [0.29, 0.717) is 6.04 Å². The van der Waals surface area contributed by atoms with E-state index in [-0.39, 0.29) is 0 Å². The van der Waals surface area contributed by atoms with Crippen molar-refractivity contribution in [3.05, 3.63) is 69.3 Å². The SMILES string of the molecule is Cc1cc2c(c(C)c1C)C1Cc3ccccc3CN1CC2. The van der Waals surface area contributed by atoms with Crippen LogP contribution in [-0.2, 0) is 19.4 Å². The average Bonchev–Trinajstić information content (AvgIpc) is 2.50. The summed E-state index contributed by atoms with van der Waals surface area (Å²) < 4.78 is 0. The maximum absolute atomic E-state index is 2.69. The molecule has 0 aliphatic carbocycles. The highest BCUT2D eigenvalue weighted by Crippen LogP contribution is 2.40. The maximum atomic E-state index is 2.69. The van der Waals surface area contributed by atoms with Gasteiger partial charge in [-0.25, -0.2) is 0 Å². The van der Waals surface area contributed by atoms with Gasteiger partial charge in [0.05, 0.1) is 0 Å². The lowest BCUT2D eigenvalue weighted by molar-refractivity contribution is 0.160. The van der Waals surface area contributed by atoms with Gasteiger partial charge in [0.2, 0.25) is 0 Å². The summed E-state index contributed by atoms with van der Waals surface area (Å²) in [6.07, 6.45) is 2.38. The molecule has 0 fully saturated rings. The van der Waals surface area contributed by atoms with Gasteiger partial charge in [0.15, 0.2) is 0 Å². The fraction of sp³-hybridized carbons (Fsp3) is 0.400. The van der Waals surface area contributed by atoms with Gasteiger partial charge in [-0.1, -0.05) is 30.3 Å². The van der Waals surface area contributed by atoms with Gasteiger partial charge in [-0.15, -0.1) is 0 Å². The highest BCUT2D eigenvalue weighted by atomic mass is 15.2. The second-order valence-corrected chi connectivity index (χ2v) is 6.73. The first-order valence-electron chi connectivity index (χ1n) is 8.05. The molecule has 1 nitrogen and oxygen atoms in total. The normalized spacial score (nSPS) is 20.6. The standard InChI is InChI=1S/C20H23N/c1-13-10-17-8-9-21-12-18-7-5-4-6-16(18)11-19(21)20(17)15(3)14(13)2/h4-7,10,19H,8-9,11-12H2,1-3H3. The largest absolute Gasteiger partial charge is 0.291 e. The highest BCUT2D eigenvalue weighted by Gasteiger charge is 2.33. The Labute approximate surface area is 127 Å². The van der Waals surface area contributed by atoms with E-state index in [1.807, 2.05) is 0 Å². The van der Waals surface area contributed by atoms with Crippen LogP contribution in [-0.4, -0.2) is 11.4 Å². The monoisotopic (exact) mass is 277 g/mol. The van der Waals surface area contributed by atoms with Crippen LogP contribution in [0.25, 0.3) is 0 Å². The lowest BCUT2D eigenvalue weighted by Crippen LogP contribution is -2.40. The van der Waals surface area contributed by atoms with Crippen molar-refractivity contribution in [2.75, 3.05) is 6.54 Å². The molecule has 0 saturated heterocycles. The zero-order valence-electron chi connectivity index (χ0n) is 13.2. The van der Waals surface area contributed by atoms with Gasteiger partial charge < -0.3 is 0 Å². The zero-order valence-corrected chi connectivity index (χ0v) is 13.2. The number of aryl methyl sites for hydroxylation is 1. The van der Waals surface area contributed by atoms with Gasteiger partial charge in [0.25, 0.3) is 0 Å². The number of fused-ring (bicyclic) bond motifs is 4. The molecule has 1 atom stereocenters. The fourth-order valence-corrected chi connectivity index (χ4v) is 4.22. The molecule has 4 rings (SSSR count). The van der Waals surface area contributed by atoms with E-state index in [1.54, 1.807) is 16.7 Å². The number of nitrogens with zero attached hydrogens (tertiary/aromatic N) is 1. The third kappa shape index (κ3) is 1.95. The van der Waals surface area contributed by atoms with E-state index in [2.05, 4.69) is 56.0 Å². The second-order valence-electron chi connectivity index (χ2n) is 6.73. The van der Waals surface area contributed by atoms with E-state index in [0.717, 1.165) is 6.54 Å². The molecule has 21 heavy (non-hydrogen) atoms. The van der Waals surface area contributed by atoms with Gasteiger partial charge in [0.1, 0.15) is 0 Å². The number of hydrogen-bond acceptors (Lipinski definition) is 1. The maximum Gasteiger partial charge on any atom is 0.0397 e. The number of benzene rings is 2. The summed E-state index contributed by atoms with van der Waals surface area (Å²) in [5.74, 6) is 0. The first-order valence-corrected chi connectivity index (χ1v) is 8.05. The Hall–Kier alpha value is -1.60. The van der Waals surface area contributed by atoms with Gasteiger partial charge >= 0.3 is 0 Å². The molecular formula is C20H23N. The Morgan fingerprint density at radius 3 is 2.52 bits per heavy atom. The molecule has 2 aliphatic rings. The summed E-state index contributed by atoms with van der Waals surface area (Å²) in [5.41, 5.74) is 10.8. The smallest absolute Gasteiger partial charge is 0.0397 e. The van der Waals surface area contributed by atoms with Crippen molar-refractivity contribution in [2.45, 2.75) is 46.2 Å². The number of rotatable bonds is 0. The van der Waals surface area contributed by atoms with E-state index < -0.39 is 0 Å². The molecule has 0 N–H and O–H groups in total. The van der Waals surface area contributed by atoms with Crippen LogP contribution in [0.4, 0.5) is 0 Å². The van der Waals surface area contributed by atoms with Crippen LogP contribution in [0, 0.1) is 20.8 Å². The Kier molecular flexibility index (Phi) is 2.93. The van der Waals surface area contributed by atoms with Crippen LogP contribution in [0.2, 0.25) is 0 Å². The minimum atomic E-state index is 0.586. The average molecular weight is 277 g/mol. The van der Waals surface area contributed by atoms with E-state index in [1.165, 1.54) is 41.6 Å². The lowest BCUT2D eigenvalue weighted by Gasteiger charge is -2.42. The summed E-state index contributed by atoms with van der Waals surface area (Å²) in [7, 11) is 0. The topological polar surface area (TPSA) is 3.24 Å². The molecule has 2 aromatic carbocycles. The van der Waals surface area contributed by atoms with Crippen molar-refractivity contribution >= 4 is 0 Å². The van der Waals surface area contributed by atoms with Crippen molar-refractivity contribution in [3.63, 3.8) is 0 Å². The molecule has 1 heteroatoms. The minimum Gasteiger partial charge on any atom is -0.291 e. The molecule has 0 radical (unpaired) electrons. The highest BCUT2D eigenvalue weighted by molar-refractivity contribution is 5.49. The van der Waals surface area contributed by atoms with Gasteiger partial charge in [-0.2, -0.15) is 0 Å². The first-order chi connectivity index (χ1) is 10.1. The van der Waals surface area contributed by atoms with Crippen LogP contribution in [0.3, 0.4) is 0 Å². The minimum absolute atomic E-state index is 0.586. The molecule has 1 unspecified atom stereocenters. The van der Waals surface area contributed by atoms with Crippen molar-refractivity contribution < 1.29 is 0 Å². The van der Waals surface area contributed by atoms with Crippen LogP contribution in [0.15, 0.2) is 30.3 Å². The predicted octanol–water partition coefficient (Wildman–Crippen LogP) is 4.27. The molecule has 0 spiro atoms. The fourth-order valence-electron chi connectivity index (χ4n) is 4.22. The molecule has 0 saturated carbocycles. The van der Waals surface area contributed by atoms with Crippen molar-refractivity contribution in [1.29, 1.82) is 0 Å². The van der Waals surface area contributed by atoms with Crippen LogP contribution >= 0.6 is 0 Å². The van der Waals surface area contributed by atoms with E-state index >= 15 is 0 Å². The molecular weight excluding hydrogens is 254 g/mol. The molecule has 2 heterocycles. The lowest BCUT2D eigenvalue weighted by atomic mass is 9.80. The summed E-state index contributed by atoms with van der Waals surface area (Å²) in [6.45, 7) is 9.18. The van der Waals surface area contributed by atoms with Gasteiger partial charge in [-0.05, 0) is 72.6 Å². The quantitative estimate of drug-likeness (QED) is 0.695. The molecule has 0 aromatic heterocycles. The van der Waals surface area contributed by atoms with E-state index in [9.17, 15) is 0 Å². The molecule has 2 aromatic rings. The van der Waals surface area contributed by atoms with Crippen LogP contribution < -0.4 is 0 Å². The van der Waals surface area contributed by atoms with Gasteiger partial charge in [-0.3, -0.25) is 4.90 Å². The molecule has 0 amide bonds. The zero-order chi connectivity index (χ0) is 14.6. The van der Waals surface area contributed by atoms with Crippen molar-refractivity contribution in [2.24, 2.45) is 0 Å². The van der Waals surface area contributed by atoms with Crippen molar-refractivity contribution in [1.82, 2.24) is 4.90 Å². The summed E-state index contributed by atoms with van der Waals surface area (Å²) >= 11 is 0. The Balaban J connectivity index is 1.84.